The van der Waals surface area contributed by atoms with E-state index in [0.717, 1.165) is 16.6 Å². The number of ether oxygens (including phenoxy) is 1. The van der Waals surface area contributed by atoms with Gasteiger partial charge < -0.3 is 10.1 Å². The molecule has 0 radical (unpaired) electrons. The summed E-state index contributed by atoms with van der Waals surface area (Å²) in [5, 5.41) is 4.14. The molecule has 0 saturated heterocycles. The van der Waals surface area contributed by atoms with Crippen molar-refractivity contribution in [2.45, 2.75) is 19.9 Å². The summed E-state index contributed by atoms with van der Waals surface area (Å²) < 4.78 is 9.56. The molecule has 0 amide bonds. The van der Waals surface area contributed by atoms with Crippen LogP contribution in [0.4, 0.5) is 5.95 Å². The molecule has 3 rings (SSSR count). The summed E-state index contributed by atoms with van der Waals surface area (Å²) in [5.41, 5.74) is 0.688. The number of nitrogens with one attached hydrogen (secondary N) is 1. The van der Waals surface area contributed by atoms with E-state index in [0.29, 0.717) is 53.5 Å². The summed E-state index contributed by atoms with van der Waals surface area (Å²) in [6, 6.07) is 5.30. The summed E-state index contributed by atoms with van der Waals surface area (Å²) in [5.74, 6) is 0.501. The van der Waals surface area contributed by atoms with Crippen molar-refractivity contribution in [3.05, 3.63) is 54.6 Å². The van der Waals surface area contributed by atoms with Gasteiger partial charge >= 0.3 is 5.69 Å². The molecule has 3 aromatic rings. The van der Waals surface area contributed by atoms with E-state index >= 15 is 0 Å². The molecule has 10 heteroatoms. The molecule has 0 unspecified atom stereocenters. The maximum absolute atomic E-state index is 12.9. The van der Waals surface area contributed by atoms with Crippen LogP contribution in [-0.2, 0) is 25.4 Å². The van der Waals surface area contributed by atoms with Crippen molar-refractivity contribution < 1.29 is 4.74 Å². The van der Waals surface area contributed by atoms with E-state index in [1.54, 1.807) is 23.7 Å². The van der Waals surface area contributed by atoms with Gasteiger partial charge in [0.25, 0.3) is 5.56 Å². The lowest BCUT2D eigenvalue weighted by Crippen LogP contribution is -2.37. The molecule has 0 bridgehead atoms. The van der Waals surface area contributed by atoms with Crippen LogP contribution in [0, 0.1) is 0 Å². The first kappa shape index (κ1) is 21.4. The second kappa shape index (κ2) is 9.02. The number of imidazole rings is 1. The summed E-state index contributed by atoms with van der Waals surface area (Å²) >= 11 is 12.2. The Hall–Kier alpha value is -2.29. The van der Waals surface area contributed by atoms with Crippen molar-refractivity contribution in [1.29, 1.82) is 0 Å². The lowest BCUT2D eigenvalue weighted by Gasteiger charge is -2.12. The largest absolute Gasteiger partial charge is 0.382 e. The Morgan fingerprint density at radius 1 is 1.14 bits per heavy atom. The van der Waals surface area contributed by atoms with Crippen LogP contribution in [0.1, 0.15) is 18.9 Å². The van der Waals surface area contributed by atoms with Crippen molar-refractivity contribution in [2.75, 3.05) is 25.1 Å². The summed E-state index contributed by atoms with van der Waals surface area (Å²) in [6.07, 6.45) is 0.779. The lowest BCUT2D eigenvalue weighted by atomic mass is 10.2. The zero-order valence-corrected chi connectivity index (χ0v) is 18.0. The number of rotatable bonds is 8. The quantitative estimate of drug-likeness (QED) is 0.545. The number of anilines is 1. The van der Waals surface area contributed by atoms with Crippen molar-refractivity contribution in [1.82, 2.24) is 18.7 Å². The van der Waals surface area contributed by atoms with Gasteiger partial charge in [-0.05, 0) is 31.0 Å². The first-order chi connectivity index (χ1) is 13.8. The highest BCUT2D eigenvalue weighted by Gasteiger charge is 2.19. The molecule has 0 aliphatic carbocycles. The standard InChI is InChI=1S/C19H23Cl2N5O3/c1-4-29-9-5-8-22-18-23-16-15(17(27)25(3)19(28)24(16)2)26(18)11-12-6-7-13(20)14(21)10-12/h6-7,10H,4-5,8-9,11H2,1-3H3,(H,22,23). The highest BCUT2D eigenvalue weighted by atomic mass is 35.5. The van der Waals surface area contributed by atoms with Crippen molar-refractivity contribution in [3.63, 3.8) is 0 Å². The predicted molar refractivity (Wildman–Crippen MR) is 115 cm³/mol. The first-order valence-corrected chi connectivity index (χ1v) is 10.0. The SMILES string of the molecule is CCOCCCNc1nc2c(c(=O)n(C)c(=O)n2C)n1Cc1ccc(Cl)c(Cl)c1. The highest BCUT2D eigenvalue weighted by Crippen LogP contribution is 2.24. The molecular weight excluding hydrogens is 417 g/mol. The van der Waals surface area contributed by atoms with Crippen molar-refractivity contribution in [3.8, 4) is 0 Å². The second-order valence-electron chi connectivity index (χ2n) is 6.63. The van der Waals surface area contributed by atoms with Crippen LogP contribution in [-0.4, -0.2) is 38.4 Å². The van der Waals surface area contributed by atoms with Gasteiger partial charge in [0.1, 0.15) is 0 Å². The highest BCUT2D eigenvalue weighted by molar-refractivity contribution is 6.42. The van der Waals surface area contributed by atoms with Crippen LogP contribution in [0.5, 0.6) is 0 Å². The molecule has 0 fully saturated rings. The third-order valence-corrected chi connectivity index (χ3v) is 5.36. The summed E-state index contributed by atoms with van der Waals surface area (Å²) in [7, 11) is 3.05. The molecule has 8 nitrogen and oxygen atoms in total. The average Bonchev–Trinajstić information content (AvgIpc) is 3.05. The molecule has 0 aliphatic rings. The van der Waals surface area contributed by atoms with Gasteiger partial charge in [-0.3, -0.25) is 18.5 Å². The Labute approximate surface area is 177 Å². The number of aryl methyl sites for hydroxylation is 1. The monoisotopic (exact) mass is 439 g/mol. The van der Waals surface area contributed by atoms with Crippen LogP contribution in [0.3, 0.4) is 0 Å². The van der Waals surface area contributed by atoms with E-state index in [-0.39, 0.29) is 0 Å². The molecule has 0 atom stereocenters. The zero-order chi connectivity index (χ0) is 21.1. The summed E-state index contributed by atoms with van der Waals surface area (Å²) in [4.78, 5) is 29.7. The molecule has 1 aromatic carbocycles. The van der Waals surface area contributed by atoms with Crippen molar-refractivity contribution in [2.24, 2.45) is 14.1 Å². The molecule has 2 heterocycles. The van der Waals surface area contributed by atoms with E-state index in [2.05, 4.69) is 10.3 Å². The molecule has 2 aromatic heterocycles. The number of nitrogens with zero attached hydrogens (tertiary/aromatic N) is 4. The maximum atomic E-state index is 12.9. The van der Waals surface area contributed by atoms with Gasteiger partial charge in [0.15, 0.2) is 11.2 Å². The second-order valence-corrected chi connectivity index (χ2v) is 7.44. The third-order valence-electron chi connectivity index (χ3n) is 4.63. The molecule has 156 valence electrons. The van der Waals surface area contributed by atoms with Crippen LogP contribution in [0.25, 0.3) is 11.2 Å². The van der Waals surface area contributed by atoms with Crippen LogP contribution in [0.2, 0.25) is 10.0 Å². The fourth-order valence-corrected chi connectivity index (χ4v) is 3.40. The first-order valence-electron chi connectivity index (χ1n) is 9.27. The van der Waals surface area contributed by atoms with Gasteiger partial charge in [0.05, 0.1) is 16.6 Å². The molecular formula is C19H23Cl2N5O3. The summed E-state index contributed by atoms with van der Waals surface area (Å²) in [6.45, 7) is 4.18. The molecule has 0 aliphatic heterocycles. The minimum Gasteiger partial charge on any atom is -0.382 e. The minimum absolute atomic E-state index is 0.325. The van der Waals surface area contributed by atoms with Gasteiger partial charge in [-0.15, -0.1) is 0 Å². The fraction of sp³-hybridized carbons (Fsp3) is 0.421. The Bertz CT molecular complexity index is 1150. The Balaban J connectivity index is 2.07. The molecule has 1 N–H and O–H groups in total. The number of hydrogen-bond donors (Lipinski definition) is 1. The van der Waals surface area contributed by atoms with Gasteiger partial charge in [0.2, 0.25) is 5.95 Å². The van der Waals surface area contributed by atoms with Crippen LogP contribution in [0.15, 0.2) is 27.8 Å². The topological polar surface area (TPSA) is 83.1 Å². The molecule has 0 saturated carbocycles. The molecule has 0 spiro atoms. The van der Waals surface area contributed by atoms with Gasteiger partial charge in [-0.2, -0.15) is 4.98 Å². The predicted octanol–water partition coefficient (Wildman–Crippen LogP) is 2.63. The Morgan fingerprint density at radius 3 is 2.59 bits per heavy atom. The van der Waals surface area contributed by atoms with E-state index in [1.165, 1.54) is 11.6 Å². The third kappa shape index (κ3) is 4.34. The molecule has 29 heavy (non-hydrogen) atoms. The van der Waals surface area contributed by atoms with E-state index in [4.69, 9.17) is 27.9 Å². The number of halogens is 2. The smallest absolute Gasteiger partial charge is 0.332 e. The van der Waals surface area contributed by atoms with Gasteiger partial charge in [-0.1, -0.05) is 29.3 Å². The lowest BCUT2D eigenvalue weighted by molar-refractivity contribution is 0.147. The Kier molecular flexibility index (Phi) is 6.66. The van der Waals surface area contributed by atoms with Crippen LogP contribution < -0.4 is 16.6 Å². The van der Waals surface area contributed by atoms with Gasteiger partial charge in [0, 0.05) is 33.9 Å². The van der Waals surface area contributed by atoms with Gasteiger partial charge in [-0.25, -0.2) is 4.79 Å². The van der Waals surface area contributed by atoms with Crippen LogP contribution >= 0.6 is 23.2 Å². The number of fused-ring (bicyclic) bond motifs is 1. The van der Waals surface area contributed by atoms with E-state index < -0.39 is 11.2 Å². The van der Waals surface area contributed by atoms with Crippen molar-refractivity contribution >= 4 is 40.3 Å². The number of aromatic nitrogens is 4. The zero-order valence-electron chi connectivity index (χ0n) is 16.5. The van der Waals surface area contributed by atoms with E-state index in [9.17, 15) is 9.59 Å². The number of benzene rings is 1. The van der Waals surface area contributed by atoms with E-state index in [1.807, 2.05) is 13.0 Å². The fourth-order valence-electron chi connectivity index (χ4n) is 3.07. The number of hydrogen-bond acceptors (Lipinski definition) is 5. The Morgan fingerprint density at radius 2 is 1.90 bits per heavy atom. The minimum atomic E-state index is -0.426. The average molecular weight is 440 g/mol. The normalized spacial score (nSPS) is 11.3. The maximum Gasteiger partial charge on any atom is 0.332 e.